The number of hydrogen-bond acceptors (Lipinski definition) is 3. The first-order valence-corrected chi connectivity index (χ1v) is 7.93. The number of likely N-dealkylation sites (tertiary alicyclic amines) is 1. The van der Waals surface area contributed by atoms with E-state index in [-0.39, 0.29) is 12.5 Å². The van der Waals surface area contributed by atoms with Crippen molar-refractivity contribution in [3.8, 4) is 0 Å². The molecular formula is C17H24N2O2. The number of carbonyl (C=O) groups is 1. The van der Waals surface area contributed by atoms with E-state index in [1.165, 1.54) is 0 Å². The predicted octanol–water partition coefficient (Wildman–Crippen LogP) is 1.66. The molecule has 4 nitrogen and oxygen atoms in total. The molecule has 1 amide bonds. The van der Waals surface area contributed by atoms with Crippen LogP contribution in [0.2, 0.25) is 0 Å². The van der Waals surface area contributed by atoms with Crippen molar-refractivity contribution < 1.29 is 9.53 Å². The summed E-state index contributed by atoms with van der Waals surface area (Å²) in [6.07, 6.45) is 2.25. The van der Waals surface area contributed by atoms with Crippen LogP contribution < -0.4 is 5.32 Å². The summed E-state index contributed by atoms with van der Waals surface area (Å²) in [6.45, 7) is 4.72. The Morgan fingerprint density at radius 1 is 1.14 bits per heavy atom. The zero-order chi connectivity index (χ0) is 14.5. The lowest BCUT2D eigenvalue weighted by Crippen LogP contribution is -2.35. The fraction of sp³-hybridized carbons (Fsp3) is 0.588. The summed E-state index contributed by atoms with van der Waals surface area (Å²) < 4.78 is 5.57. The fourth-order valence-corrected chi connectivity index (χ4v) is 3.39. The molecule has 0 unspecified atom stereocenters. The van der Waals surface area contributed by atoms with E-state index in [2.05, 4.69) is 5.32 Å². The molecule has 2 fully saturated rings. The second-order valence-corrected chi connectivity index (χ2v) is 6.11. The number of nitrogens with one attached hydrogen (secondary N) is 1. The monoisotopic (exact) mass is 288 g/mol. The Morgan fingerprint density at radius 3 is 2.48 bits per heavy atom. The normalized spacial score (nSPS) is 25.4. The van der Waals surface area contributed by atoms with Crippen LogP contribution in [0.4, 0.5) is 0 Å². The third-order valence-electron chi connectivity index (χ3n) is 4.71. The number of hydrogen-bond donors (Lipinski definition) is 1. The van der Waals surface area contributed by atoms with E-state index in [1.807, 2.05) is 35.2 Å². The van der Waals surface area contributed by atoms with Crippen LogP contribution in [0.5, 0.6) is 0 Å². The van der Waals surface area contributed by atoms with Crippen molar-refractivity contribution in [1.29, 1.82) is 0 Å². The maximum absolute atomic E-state index is 12.2. The molecule has 2 atom stereocenters. The molecule has 2 saturated heterocycles. The van der Waals surface area contributed by atoms with E-state index in [0.29, 0.717) is 6.61 Å². The lowest BCUT2D eigenvalue weighted by molar-refractivity contribution is -0.136. The number of fused-ring (bicyclic) bond motifs is 1. The molecule has 4 heteroatoms. The first kappa shape index (κ1) is 14.5. The van der Waals surface area contributed by atoms with E-state index in [4.69, 9.17) is 4.74 Å². The maximum atomic E-state index is 12.2. The second-order valence-electron chi connectivity index (χ2n) is 6.11. The van der Waals surface area contributed by atoms with Crippen LogP contribution in [0.15, 0.2) is 30.3 Å². The summed E-state index contributed by atoms with van der Waals surface area (Å²) in [4.78, 5) is 14.2. The van der Waals surface area contributed by atoms with Gasteiger partial charge in [-0.3, -0.25) is 4.79 Å². The van der Waals surface area contributed by atoms with Crippen LogP contribution in [-0.4, -0.2) is 43.6 Å². The molecule has 0 saturated carbocycles. The van der Waals surface area contributed by atoms with Gasteiger partial charge in [0.1, 0.15) is 6.61 Å². The average Bonchev–Trinajstić information content (AvgIpc) is 2.87. The van der Waals surface area contributed by atoms with Crippen molar-refractivity contribution in [2.45, 2.75) is 19.4 Å². The van der Waals surface area contributed by atoms with Crippen LogP contribution in [-0.2, 0) is 16.1 Å². The zero-order valence-corrected chi connectivity index (χ0v) is 12.5. The van der Waals surface area contributed by atoms with E-state index in [0.717, 1.165) is 56.4 Å². The number of benzene rings is 1. The Labute approximate surface area is 126 Å². The molecule has 21 heavy (non-hydrogen) atoms. The highest BCUT2D eigenvalue weighted by atomic mass is 16.5. The Hall–Kier alpha value is -1.39. The van der Waals surface area contributed by atoms with Gasteiger partial charge in [-0.25, -0.2) is 0 Å². The zero-order valence-electron chi connectivity index (χ0n) is 12.5. The molecule has 2 heterocycles. The summed E-state index contributed by atoms with van der Waals surface area (Å²) in [6, 6.07) is 10.00. The topological polar surface area (TPSA) is 41.6 Å². The molecular weight excluding hydrogens is 264 g/mol. The maximum Gasteiger partial charge on any atom is 0.248 e. The van der Waals surface area contributed by atoms with E-state index in [9.17, 15) is 4.79 Å². The summed E-state index contributed by atoms with van der Waals surface area (Å²) in [5, 5.41) is 3.46. The van der Waals surface area contributed by atoms with Gasteiger partial charge in [-0.1, -0.05) is 30.3 Å². The second kappa shape index (κ2) is 7.05. The molecule has 0 radical (unpaired) electrons. The summed E-state index contributed by atoms with van der Waals surface area (Å²) in [5.74, 6) is 1.65. The van der Waals surface area contributed by atoms with Crippen molar-refractivity contribution in [1.82, 2.24) is 10.2 Å². The fourth-order valence-electron chi connectivity index (χ4n) is 3.39. The van der Waals surface area contributed by atoms with Crippen molar-refractivity contribution >= 4 is 5.91 Å². The minimum absolute atomic E-state index is 0.138. The molecule has 0 bridgehead atoms. The molecule has 3 rings (SSSR count). The molecule has 1 N–H and O–H groups in total. The summed E-state index contributed by atoms with van der Waals surface area (Å²) in [7, 11) is 0. The van der Waals surface area contributed by atoms with Gasteiger partial charge < -0.3 is 15.0 Å². The quantitative estimate of drug-likeness (QED) is 0.916. The predicted molar refractivity (Wildman–Crippen MR) is 81.8 cm³/mol. The lowest BCUT2D eigenvalue weighted by atomic mass is 9.92. The van der Waals surface area contributed by atoms with Gasteiger partial charge in [0.25, 0.3) is 0 Å². The van der Waals surface area contributed by atoms with Gasteiger partial charge in [-0.2, -0.15) is 0 Å². The van der Waals surface area contributed by atoms with E-state index < -0.39 is 0 Å². The number of rotatable bonds is 4. The molecule has 2 aliphatic rings. The van der Waals surface area contributed by atoms with Gasteiger partial charge >= 0.3 is 0 Å². The third-order valence-corrected chi connectivity index (χ3v) is 4.71. The number of carbonyl (C=O) groups excluding carboxylic acids is 1. The standard InChI is InChI=1S/C17H24N2O2/c20-17(13-21-12-14-4-2-1-3-5-14)19-8-6-15-10-18-11-16(15)7-9-19/h1-5,15-16,18H,6-13H2/t15-,16+. The Morgan fingerprint density at radius 2 is 1.81 bits per heavy atom. The van der Waals surface area contributed by atoms with E-state index in [1.54, 1.807) is 0 Å². The molecule has 0 aliphatic carbocycles. The smallest absolute Gasteiger partial charge is 0.248 e. The number of nitrogens with zero attached hydrogens (tertiary/aromatic N) is 1. The van der Waals surface area contributed by atoms with Gasteiger partial charge in [0.05, 0.1) is 6.61 Å². The van der Waals surface area contributed by atoms with Crippen molar-refractivity contribution in [3.63, 3.8) is 0 Å². The van der Waals surface area contributed by atoms with Crippen molar-refractivity contribution in [2.24, 2.45) is 11.8 Å². The molecule has 2 aliphatic heterocycles. The molecule has 0 aromatic heterocycles. The van der Waals surface area contributed by atoms with Crippen LogP contribution in [0.25, 0.3) is 0 Å². The van der Waals surface area contributed by atoms with Crippen molar-refractivity contribution in [2.75, 3.05) is 32.8 Å². The first-order chi connectivity index (χ1) is 10.3. The van der Waals surface area contributed by atoms with Crippen LogP contribution in [0, 0.1) is 11.8 Å². The summed E-state index contributed by atoms with van der Waals surface area (Å²) >= 11 is 0. The Balaban J connectivity index is 1.43. The largest absolute Gasteiger partial charge is 0.367 e. The minimum atomic E-state index is 0.138. The molecule has 1 aromatic carbocycles. The van der Waals surface area contributed by atoms with E-state index >= 15 is 0 Å². The van der Waals surface area contributed by atoms with Gasteiger partial charge in [-0.15, -0.1) is 0 Å². The minimum Gasteiger partial charge on any atom is -0.367 e. The van der Waals surface area contributed by atoms with Gasteiger partial charge in [0.2, 0.25) is 5.91 Å². The Bertz CT molecular complexity index is 449. The highest BCUT2D eigenvalue weighted by Gasteiger charge is 2.31. The highest BCUT2D eigenvalue weighted by molar-refractivity contribution is 5.77. The number of ether oxygens (including phenoxy) is 1. The molecule has 114 valence electrons. The Kier molecular flexibility index (Phi) is 4.88. The SMILES string of the molecule is O=C(COCc1ccccc1)N1CC[C@@H]2CNC[C@@H]2CC1. The van der Waals surface area contributed by atoms with Gasteiger partial charge in [0, 0.05) is 13.1 Å². The lowest BCUT2D eigenvalue weighted by Gasteiger charge is -2.20. The van der Waals surface area contributed by atoms with Gasteiger partial charge in [0.15, 0.2) is 0 Å². The molecule has 1 aromatic rings. The van der Waals surface area contributed by atoms with Gasteiger partial charge in [-0.05, 0) is 43.3 Å². The highest BCUT2D eigenvalue weighted by Crippen LogP contribution is 2.27. The van der Waals surface area contributed by atoms with Crippen LogP contribution in [0.3, 0.4) is 0 Å². The van der Waals surface area contributed by atoms with Crippen LogP contribution >= 0.6 is 0 Å². The van der Waals surface area contributed by atoms with Crippen molar-refractivity contribution in [3.05, 3.63) is 35.9 Å². The summed E-state index contributed by atoms with van der Waals surface area (Å²) in [5.41, 5.74) is 1.11. The molecule has 0 spiro atoms. The first-order valence-electron chi connectivity index (χ1n) is 7.93. The average molecular weight is 288 g/mol. The number of amides is 1. The third kappa shape index (κ3) is 3.83. The van der Waals surface area contributed by atoms with Crippen LogP contribution in [0.1, 0.15) is 18.4 Å².